The maximum absolute atomic E-state index is 12.8. The summed E-state index contributed by atoms with van der Waals surface area (Å²) in [6.07, 6.45) is 2.20. The van der Waals surface area contributed by atoms with Crippen LogP contribution >= 0.6 is 0 Å². The second-order valence-electron chi connectivity index (χ2n) is 7.09. The van der Waals surface area contributed by atoms with Crippen molar-refractivity contribution in [2.75, 3.05) is 11.9 Å². The third kappa shape index (κ3) is 3.89. The van der Waals surface area contributed by atoms with Crippen LogP contribution in [0.15, 0.2) is 48.7 Å². The van der Waals surface area contributed by atoms with Gasteiger partial charge in [0.15, 0.2) is 5.65 Å². The molecule has 0 aliphatic rings. The van der Waals surface area contributed by atoms with Crippen LogP contribution in [0.4, 0.5) is 5.82 Å². The summed E-state index contributed by atoms with van der Waals surface area (Å²) in [6, 6.07) is 12.3. The number of rotatable bonds is 7. The Morgan fingerprint density at radius 1 is 1.14 bits per heavy atom. The van der Waals surface area contributed by atoms with Gasteiger partial charge in [0.05, 0.1) is 12.5 Å². The van der Waals surface area contributed by atoms with Gasteiger partial charge in [0.25, 0.3) is 0 Å². The van der Waals surface area contributed by atoms with Gasteiger partial charge in [-0.15, -0.1) is 0 Å². The Kier molecular flexibility index (Phi) is 5.75. The lowest BCUT2D eigenvalue weighted by molar-refractivity contribution is -0.121. The maximum atomic E-state index is 12.8. The van der Waals surface area contributed by atoms with Gasteiger partial charge in [-0.2, -0.15) is 0 Å². The van der Waals surface area contributed by atoms with Crippen LogP contribution in [0.5, 0.6) is 0 Å². The number of carboxylic acid groups (broad SMARTS) is 1. The summed E-state index contributed by atoms with van der Waals surface area (Å²) >= 11 is 0. The fourth-order valence-corrected chi connectivity index (χ4v) is 3.20. The van der Waals surface area contributed by atoms with Gasteiger partial charge in [-0.05, 0) is 24.5 Å². The monoisotopic (exact) mass is 381 g/mol. The molecule has 1 atom stereocenters. The minimum Gasteiger partial charge on any atom is -0.478 e. The van der Waals surface area contributed by atoms with Crippen LogP contribution in [0.2, 0.25) is 0 Å². The molecule has 3 aromatic rings. The molecular weight excluding hydrogens is 358 g/mol. The Labute approximate surface area is 162 Å². The summed E-state index contributed by atoms with van der Waals surface area (Å²) in [7, 11) is 0. The molecule has 1 amide bonds. The normalized spacial score (nSPS) is 12.3. The molecule has 3 rings (SSSR count). The van der Waals surface area contributed by atoms with Gasteiger partial charge in [0.1, 0.15) is 17.1 Å². The van der Waals surface area contributed by atoms with Crippen molar-refractivity contribution in [1.29, 1.82) is 0 Å². The number of hydrogen-bond acceptors (Lipinski definition) is 4. The molecule has 0 saturated heterocycles. The van der Waals surface area contributed by atoms with Crippen LogP contribution in [0.25, 0.3) is 16.9 Å². The number of anilines is 1. The molecule has 0 spiro atoms. The van der Waals surface area contributed by atoms with E-state index in [9.17, 15) is 19.8 Å². The second-order valence-corrected chi connectivity index (χ2v) is 7.09. The van der Waals surface area contributed by atoms with Crippen molar-refractivity contribution in [2.24, 2.45) is 11.8 Å². The number of nitrogens with one attached hydrogen (secondary N) is 1. The van der Waals surface area contributed by atoms with E-state index in [1.54, 1.807) is 16.7 Å². The standard InChI is InChI=1S/C21H23N3O4/c1-13(2)11-15(12-25)20(26)23-19-17(14-7-4-3-5-8-14)22-18-16(21(27)28)9-6-10-24(18)19/h3-10,13,15,25H,11-12H2,1-2H3,(H,23,26)(H,27,28). The summed E-state index contributed by atoms with van der Waals surface area (Å²) in [5, 5.41) is 22.0. The van der Waals surface area contributed by atoms with Crippen LogP contribution in [-0.2, 0) is 4.79 Å². The van der Waals surface area contributed by atoms with E-state index in [2.05, 4.69) is 10.3 Å². The Bertz CT molecular complexity index is 996. The summed E-state index contributed by atoms with van der Waals surface area (Å²) in [6.45, 7) is 3.71. The Balaban J connectivity index is 2.13. The predicted molar refractivity (Wildman–Crippen MR) is 106 cm³/mol. The zero-order chi connectivity index (χ0) is 20.3. The average molecular weight is 381 g/mol. The van der Waals surface area contributed by atoms with E-state index in [4.69, 9.17) is 0 Å². The first kappa shape index (κ1) is 19.6. The number of pyridine rings is 1. The molecule has 28 heavy (non-hydrogen) atoms. The summed E-state index contributed by atoms with van der Waals surface area (Å²) in [5.74, 6) is -1.34. The largest absolute Gasteiger partial charge is 0.478 e. The van der Waals surface area contributed by atoms with Crippen LogP contribution in [0.3, 0.4) is 0 Å². The average Bonchev–Trinajstić information content (AvgIpc) is 3.04. The lowest BCUT2D eigenvalue weighted by Gasteiger charge is -2.17. The number of aliphatic hydroxyl groups is 1. The van der Waals surface area contributed by atoms with Crippen molar-refractivity contribution < 1.29 is 19.8 Å². The fourth-order valence-electron chi connectivity index (χ4n) is 3.20. The zero-order valence-corrected chi connectivity index (χ0v) is 15.8. The Morgan fingerprint density at radius 3 is 2.46 bits per heavy atom. The van der Waals surface area contributed by atoms with Crippen molar-refractivity contribution in [3.63, 3.8) is 0 Å². The molecule has 0 aliphatic heterocycles. The Hall–Kier alpha value is -3.19. The molecule has 0 radical (unpaired) electrons. The van der Waals surface area contributed by atoms with E-state index < -0.39 is 11.9 Å². The van der Waals surface area contributed by atoms with E-state index in [-0.39, 0.29) is 29.6 Å². The zero-order valence-electron chi connectivity index (χ0n) is 15.8. The SMILES string of the molecule is CC(C)CC(CO)C(=O)Nc1c(-c2ccccc2)nc2c(C(=O)O)cccn12. The Morgan fingerprint density at radius 2 is 1.86 bits per heavy atom. The van der Waals surface area contributed by atoms with Crippen molar-refractivity contribution in [3.8, 4) is 11.3 Å². The molecule has 1 unspecified atom stereocenters. The highest BCUT2D eigenvalue weighted by atomic mass is 16.4. The topological polar surface area (TPSA) is 104 Å². The fraction of sp³-hybridized carbons (Fsp3) is 0.286. The molecule has 146 valence electrons. The van der Waals surface area contributed by atoms with Gasteiger partial charge in [-0.25, -0.2) is 9.78 Å². The van der Waals surface area contributed by atoms with Crippen LogP contribution in [0, 0.1) is 11.8 Å². The van der Waals surface area contributed by atoms with Gasteiger partial charge in [-0.1, -0.05) is 44.2 Å². The van der Waals surface area contributed by atoms with Crippen molar-refractivity contribution in [2.45, 2.75) is 20.3 Å². The van der Waals surface area contributed by atoms with Gasteiger partial charge in [-0.3, -0.25) is 9.20 Å². The van der Waals surface area contributed by atoms with Crippen LogP contribution < -0.4 is 5.32 Å². The number of carbonyl (C=O) groups excluding carboxylic acids is 1. The third-order valence-corrected chi connectivity index (χ3v) is 4.52. The van der Waals surface area contributed by atoms with Gasteiger partial charge >= 0.3 is 5.97 Å². The molecule has 0 saturated carbocycles. The van der Waals surface area contributed by atoms with Crippen molar-refractivity contribution >= 4 is 23.3 Å². The van der Waals surface area contributed by atoms with E-state index in [0.717, 1.165) is 5.56 Å². The molecule has 0 fully saturated rings. The van der Waals surface area contributed by atoms with Crippen molar-refractivity contribution in [1.82, 2.24) is 9.38 Å². The lowest BCUT2D eigenvalue weighted by Crippen LogP contribution is -2.27. The first-order valence-electron chi connectivity index (χ1n) is 9.13. The molecule has 3 N–H and O–H groups in total. The van der Waals surface area contributed by atoms with E-state index in [0.29, 0.717) is 17.9 Å². The number of benzene rings is 1. The number of nitrogens with zero attached hydrogens (tertiary/aromatic N) is 2. The summed E-state index contributed by atoms with van der Waals surface area (Å²) in [5.41, 5.74) is 1.51. The number of aromatic nitrogens is 2. The molecule has 2 aromatic heterocycles. The number of amides is 1. The molecule has 7 heteroatoms. The maximum Gasteiger partial charge on any atom is 0.339 e. The highest BCUT2D eigenvalue weighted by molar-refractivity contribution is 5.99. The quantitative estimate of drug-likeness (QED) is 0.583. The van der Waals surface area contributed by atoms with Gasteiger partial charge < -0.3 is 15.5 Å². The first-order valence-corrected chi connectivity index (χ1v) is 9.13. The highest BCUT2D eigenvalue weighted by Gasteiger charge is 2.24. The molecule has 0 aliphatic carbocycles. The number of carbonyl (C=O) groups is 2. The number of aromatic carboxylic acids is 1. The molecule has 2 heterocycles. The molecule has 7 nitrogen and oxygen atoms in total. The van der Waals surface area contributed by atoms with Gasteiger partial charge in [0, 0.05) is 11.8 Å². The van der Waals surface area contributed by atoms with E-state index in [1.165, 1.54) is 6.07 Å². The van der Waals surface area contributed by atoms with Crippen LogP contribution in [-0.4, -0.2) is 38.1 Å². The minimum atomic E-state index is -1.10. The molecular formula is C21H23N3O4. The predicted octanol–water partition coefficient (Wildman–Crippen LogP) is 3.29. The van der Waals surface area contributed by atoms with Crippen LogP contribution in [0.1, 0.15) is 30.6 Å². The number of hydrogen-bond donors (Lipinski definition) is 3. The summed E-state index contributed by atoms with van der Waals surface area (Å²) in [4.78, 5) is 28.9. The number of aliphatic hydroxyl groups excluding tert-OH is 1. The number of fused-ring (bicyclic) bond motifs is 1. The first-order chi connectivity index (χ1) is 13.4. The smallest absolute Gasteiger partial charge is 0.339 e. The van der Waals surface area contributed by atoms with Gasteiger partial charge in [0.2, 0.25) is 5.91 Å². The summed E-state index contributed by atoms with van der Waals surface area (Å²) < 4.78 is 1.56. The van der Waals surface area contributed by atoms with Crippen molar-refractivity contribution in [3.05, 3.63) is 54.2 Å². The molecule has 0 bridgehead atoms. The van der Waals surface area contributed by atoms with E-state index >= 15 is 0 Å². The third-order valence-electron chi connectivity index (χ3n) is 4.52. The lowest BCUT2D eigenvalue weighted by atomic mass is 9.97. The van der Waals surface area contributed by atoms with E-state index in [1.807, 2.05) is 44.2 Å². The highest BCUT2D eigenvalue weighted by Crippen LogP contribution is 2.30. The minimum absolute atomic E-state index is 0.0427. The number of imidazole rings is 1. The molecule has 1 aromatic carbocycles. The number of carboxylic acids is 1. The second kappa shape index (κ2) is 8.22.